The molecule has 1 saturated heterocycles. The Morgan fingerprint density at radius 2 is 2.00 bits per heavy atom. The van der Waals surface area contributed by atoms with E-state index < -0.39 is 38.1 Å². The predicted molar refractivity (Wildman–Crippen MR) is 135 cm³/mol. The Kier molecular flexibility index (Phi) is 7.96. The third-order valence-corrected chi connectivity index (χ3v) is 11.6. The molecule has 192 valence electrons. The summed E-state index contributed by atoms with van der Waals surface area (Å²) in [5.41, 5.74) is 0.526. The summed E-state index contributed by atoms with van der Waals surface area (Å²) in [6.07, 6.45) is 0.156. The van der Waals surface area contributed by atoms with Gasteiger partial charge in [-0.15, -0.1) is 22.0 Å². The van der Waals surface area contributed by atoms with Gasteiger partial charge in [0.05, 0.1) is 26.3 Å². The van der Waals surface area contributed by atoms with E-state index in [2.05, 4.69) is 10.2 Å². The average molecular weight is 591 g/mol. The number of aliphatic hydroxyl groups is 1. The van der Waals surface area contributed by atoms with Crippen molar-refractivity contribution in [2.24, 2.45) is 5.92 Å². The van der Waals surface area contributed by atoms with Gasteiger partial charge in [-0.05, 0) is 24.6 Å². The maximum Gasteiger partial charge on any atom is 0.357 e. The zero-order valence-corrected chi connectivity index (χ0v) is 22.7. The molecule has 2 aliphatic rings. The first-order valence-electron chi connectivity index (χ1n) is 10.1. The molecule has 0 spiro atoms. The molecule has 12 nitrogen and oxygen atoms in total. The van der Waals surface area contributed by atoms with Crippen LogP contribution in [0.5, 0.6) is 0 Å². The van der Waals surface area contributed by atoms with Gasteiger partial charge in [0, 0.05) is 18.4 Å². The van der Waals surface area contributed by atoms with E-state index in [0.717, 1.165) is 17.6 Å². The van der Waals surface area contributed by atoms with Crippen molar-refractivity contribution in [1.82, 2.24) is 15.1 Å². The van der Waals surface area contributed by atoms with E-state index >= 15 is 0 Å². The van der Waals surface area contributed by atoms with Gasteiger partial charge in [-0.2, -0.15) is 0 Å². The molecule has 2 aliphatic heterocycles. The van der Waals surface area contributed by atoms with Gasteiger partial charge in [-0.3, -0.25) is 19.8 Å². The van der Waals surface area contributed by atoms with Crippen molar-refractivity contribution < 1.29 is 32.8 Å². The number of carbonyl (C=O) groups is 2. The lowest BCUT2D eigenvalue weighted by Crippen LogP contribution is -2.60. The lowest BCUT2D eigenvalue weighted by atomic mass is 9.92. The summed E-state index contributed by atoms with van der Waals surface area (Å²) in [7, 11) is -3.46. The smallest absolute Gasteiger partial charge is 0.357 e. The predicted octanol–water partition coefficient (Wildman–Crippen LogP) is 2.46. The van der Waals surface area contributed by atoms with E-state index in [4.69, 9.17) is 4.74 Å². The van der Waals surface area contributed by atoms with Gasteiger partial charge in [0.1, 0.15) is 12.0 Å². The topological polar surface area (TPSA) is 170 Å². The van der Waals surface area contributed by atoms with E-state index in [1.807, 2.05) is 0 Å². The second-order valence-electron chi connectivity index (χ2n) is 7.63. The summed E-state index contributed by atoms with van der Waals surface area (Å²) < 4.78 is 29.5. The SMILES string of the molecule is CC(O)[C@H]1C(=O)N2C(C(=O)OCc3ccc([N+](=O)[O-])cc3)=C(SCSc3nnc(S(C)(=O)=O)s3)S[C@H]12. The number of hydrogen-bond donors (Lipinski definition) is 1. The van der Waals surface area contributed by atoms with Crippen molar-refractivity contribution in [1.29, 1.82) is 0 Å². The molecule has 36 heavy (non-hydrogen) atoms. The molecule has 2 aromatic rings. The first-order chi connectivity index (χ1) is 17.0. The van der Waals surface area contributed by atoms with Gasteiger partial charge in [0.25, 0.3) is 5.69 Å². The molecule has 3 heterocycles. The number of nitro groups is 1. The van der Waals surface area contributed by atoms with Crippen molar-refractivity contribution in [2.75, 3.05) is 11.3 Å². The van der Waals surface area contributed by atoms with Gasteiger partial charge < -0.3 is 9.84 Å². The van der Waals surface area contributed by atoms with Crippen LogP contribution in [0.1, 0.15) is 12.5 Å². The average Bonchev–Trinajstić information content (AvgIpc) is 3.41. The van der Waals surface area contributed by atoms with Crippen LogP contribution in [0.15, 0.2) is 42.9 Å². The number of β-lactam (4-membered cyclic amide) rings is 1. The molecule has 1 aromatic heterocycles. The van der Waals surface area contributed by atoms with Gasteiger partial charge >= 0.3 is 5.97 Å². The summed E-state index contributed by atoms with van der Waals surface area (Å²) in [5, 5.41) is 28.2. The number of amides is 1. The Morgan fingerprint density at radius 3 is 2.58 bits per heavy atom. The van der Waals surface area contributed by atoms with Crippen molar-refractivity contribution in [3.05, 3.63) is 49.9 Å². The van der Waals surface area contributed by atoms with Crippen LogP contribution in [-0.2, 0) is 30.8 Å². The van der Waals surface area contributed by atoms with Crippen molar-refractivity contribution >= 4 is 74.0 Å². The molecule has 17 heteroatoms. The fourth-order valence-corrected chi connectivity index (χ4v) is 9.52. The highest BCUT2D eigenvalue weighted by atomic mass is 32.3. The number of thioether (sulfide) groups is 3. The Balaban J connectivity index is 1.46. The quantitative estimate of drug-likeness (QED) is 0.107. The minimum atomic E-state index is -3.46. The Hall–Kier alpha value is -2.18. The number of fused-ring (bicyclic) bond motifs is 1. The molecule has 1 N–H and O–H groups in total. The number of esters is 1. The Morgan fingerprint density at radius 1 is 1.31 bits per heavy atom. The zero-order valence-electron chi connectivity index (χ0n) is 18.6. The fraction of sp³-hybridized carbons (Fsp3) is 0.368. The van der Waals surface area contributed by atoms with Crippen LogP contribution in [0.4, 0.5) is 5.69 Å². The summed E-state index contributed by atoms with van der Waals surface area (Å²) in [6.45, 7) is 1.37. The minimum absolute atomic E-state index is 0.0773. The van der Waals surface area contributed by atoms with Crippen LogP contribution >= 0.6 is 46.6 Å². The van der Waals surface area contributed by atoms with E-state index in [1.165, 1.54) is 71.4 Å². The number of aromatic nitrogens is 2. The number of carbonyl (C=O) groups excluding carboxylic acids is 2. The normalized spacial score (nSPS) is 20.2. The Labute approximate surface area is 221 Å². The molecule has 4 rings (SSSR count). The first kappa shape index (κ1) is 26.9. The molecule has 1 unspecified atom stereocenters. The van der Waals surface area contributed by atoms with Gasteiger partial charge in [0.15, 0.2) is 10.0 Å². The fourth-order valence-electron chi connectivity index (χ4n) is 3.31. The highest BCUT2D eigenvalue weighted by Gasteiger charge is 2.58. The van der Waals surface area contributed by atoms with Crippen molar-refractivity contribution in [3.8, 4) is 0 Å². The number of ether oxygens (including phenoxy) is 1. The molecule has 0 saturated carbocycles. The molecule has 1 aromatic carbocycles. The Bertz CT molecular complexity index is 1340. The van der Waals surface area contributed by atoms with Gasteiger partial charge in [0.2, 0.25) is 20.1 Å². The number of nitro benzene ring substituents is 1. The minimum Gasteiger partial charge on any atom is -0.456 e. The van der Waals surface area contributed by atoms with Gasteiger partial charge in [-0.1, -0.05) is 34.9 Å². The molecule has 1 fully saturated rings. The lowest BCUT2D eigenvalue weighted by molar-refractivity contribution is -0.384. The molecular weight excluding hydrogens is 573 g/mol. The third kappa shape index (κ3) is 5.55. The third-order valence-electron chi connectivity index (χ3n) is 5.05. The standard InChI is InChI=1S/C19H18N4O8S5/c1-9(24)12-14(25)22-13(16(26)31-7-10-3-5-11(6-4-10)23(27)28)17(34-15(12)22)32-8-33-18-20-21-19(35-18)36(2,29)30/h3-6,9,12,15,24H,7-8H2,1-2H3/t9?,12-,15+/m0/s1. The van der Waals surface area contributed by atoms with Crippen LogP contribution in [-0.4, -0.2) is 68.2 Å². The first-order valence-corrected chi connectivity index (χ1v) is 15.6. The van der Waals surface area contributed by atoms with E-state index in [-0.39, 0.29) is 28.2 Å². The van der Waals surface area contributed by atoms with Crippen LogP contribution in [0.25, 0.3) is 0 Å². The van der Waals surface area contributed by atoms with Crippen LogP contribution < -0.4 is 0 Å². The largest absolute Gasteiger partial charge is 0.456 e. The summed E-state index contributed by atoms with van der Waals surface area (Å²) in [5.74, 6) is -1.77. The molecule has 3 atom stereocenters. The number of non-ortho nitro benzene ring substituents is 1. The van der Waals surface area contributed by atoms with Crippen molar-refractivity contribution in [2.45, 2.75) is 33.7 Å². The van der Waals surface area contributed by atoms with Crippen LogP contribution in [0.2, 0.25) is 0 Å². The number of hydrogen-bond acceptors (Lipinski definition) is 14. The van der Waals surface area contributed by atoms with E-state index in [9.17, 15) is 33.2 Å². The number of sulfone groups is 1. The molecule has 0 bridgehead atoms. The number of rotatable bonds is 10. The zero-order chi connectivity index (χ0) is 26.2. The molecule has 0 aliphatic carbocycles. The maximum absolute atomic E-state index is 13.0. The highest BCUT2D eigenvalue weighted by molar-refractivity contribution is 8.28. The van der Waals surface area contributed by atoms with Gasteiger partial charge in [-0.25, -0.2) is 13.2 Å². The summed E-state index contributed by atoms with van der Waals surface area (Å²) in [6, 6.07) is 5.56. The van der Waals surface area contributed by atoms with Crippen molar-refractivity contribution in [3.63, 3.8) is 0 Å². The lowest BCUT2D eigenvalue weighted by Gasteiger charge is -2.43. The molecule has 1 amide bonds. The maximum atomic E-state index is 13.0. The number of nitrogens with zero attached hydrogens (tertiary/aromatic N) is 4. The monoisotopic (exact) mass is 590 g/mol. The number of aliphatic hydroxyl groups excluding tert-OH is 1. The molecular formula is C19H18N4O8S5. The summed E-state index contributed by atoms with van der Waals surface area (Å²) >= 11 is 4.72. The van der Waals surface area contributed by atoms with Crippen LogP contribution in [0, 0.1) is 16.0 Å². The molecule has 0 radical (unpaired) electrons. The second-order valence-corrected chi connectivity index (χ2v) is 14.8. The highest BCUT2D eigenvalue weighted by Crippen LogP contribution is 2.54. The van der Waals surface area contributed by atoms with E-state index in [0.29, 0.717) is 19.2 Å². The second kappa shape index (κ2) is 10.7. The summed E-state index contributed by atoms with van der Waals surface area (Å²) in [4.78, 5) is 37.3. The van der Waals surface area contributed by atoms with E-state index in [1.54, 1.807) is 0 Å². The van der Waals surface area contributed by atoms with Crippen LogP contribution in [0.3, 0.4) is 0 Å². The number of benzene rings is 1.